The molecule has 0 aromatic heterocycles. The van der Waals surface area contributed by atoms with Gasteiger partial charge in [-0.2, -0.15) is 5.26 Å². The molecule has 0 amide bonds. The molecule has 4 aromatic rings. The summed E-state index contributed by atoms with van der Waals surface area (Å²) in [5, 5.41) is 9.23. The Labute approximate surface area is 218 Å². The Bertz CT molecular complexity index is 1470. The maximum Gasteiger partial charge on any atom is 0.134 e. The highest BCUT2D eigenvalue weighted by molar-refractivity contribution is 6.02. The summed E-state index contributed by atoms with van der Waals surface area (Å²) in [6.45, 7) is 4.60. The number of nitrogens with zero attached hydrogens (tertiary/aromatic N) is 3. The topological polar surface area (TPSA) is 57.9 Å². The lowest BCUT2D eigenvalue weighted by Crippen LogP contribution is -2.24. The molecule has 0 aliphatic carbocycles. The van der Waals surface area contributed by atoms with Crippen LogP contribution in [0.25, 0.3) is 11.1 Å². The van der Waals surface area contributed by atoms with Gasteiger partial charge in [-0.1, -0.05) is 60.7 Å². The normalized spacial score (nSPS) is 12.7. The van der Waals surface area contributed by atoms with E-state index >= 15 is 0 Å². The van der Waals surface area contributed by atoms with Gasteiger partial charge >= 0.3 is 0 Å². The van der Waals surface area contributed by atoms with Crippen LogP contribution in [0.4, 0.5) is 0 Å². The van der Waals surface area contributed by atoms with Crippen molar-refractivity contribution in [3.05, 3.63) is 119 Å². The zero-order valence-electron chi connectivity index (χ0n) is 21.1. The number of ether oxygens (including phenoxy) is 2. The molecule has 0 bridgehead atoms. The van der Waals surface area contributed by atoms with Gasteiger partial charge in [-0.05, 0) is 59.0 Å². The minimum absolute atomic E-state index is 0.348. The van der Waals surface area contributed by atoms with Gasteiger partial charge in [-0.15, -0.1) is 0 Å². The summed E-state index contributed by atoms with van der Waals surface area (Å²) in [5.41, 5.74) is 7.25. The molecule has 0 spiro atoms. The fourth-order valence-corrected chi connectivity index (χ4v) is 4.54. The van der Waals surface area contributed by atoms with Crippen molar-refractivity contribution in [2.45, 2.75) is 20.1 Å². The first-order valence-electron chi connectivity index (χ1n) is 12.4. The highest BCUT2D eigenvalue weighted by Crippen LogP contribution is 2.30. The van der Waals surface area contributed by atoms with E-state index in [9.17, 15) is 5.26 Å². The first-order valence-corrected chi connectivity index (χ1v) is 12.4. The molecule has 0 unspecified atom stereocenters. The maximum atomic E-state index is 9.23. The second-order valence-corrected chi connectivity index (χ2v) is 9.13. The van der Waals surface area contributed by atoms with Gasteiger partial charge in [0.15, 0.2) is 0 Å². The van der Waals surface area contributed by atoms with E-state index in [2.05, 4.69) is 65.3 Å². The van der Waals surface area contributed by atoms with Crippen molar-refractivity contribution in [2.24, 2.45) is 4.99 Å². The van der Waals surface area contributed by atoms with Crippen molar-refractivity contribution in [3.8, 4) is 28.7 Å². The maximum absolute atomic E-state index is 9.23. The van der Waals surface area contributed by atoms with E-state index in [-0.39, 0.29) is 0 Å². The van der Waals surface area contributed by atoms with E-state index in [1.54, 1.807) is 6.07 Å². The van der Waals surface area contributed by atoms with Crippen LogP contribution in [0.5, 0.6) is 11.5 Å². The number of amidine groups is 1. The lowest BCUT2D eigenvalue weighted by Gasteiger charge is -2.19. The Morgan fingerprint density at radius 1 is 0.865 bits per heavy atom. The molecule has 5 heteroatoms. The quantitative estimate of drug-likeness (QED) is 0.289. The summed E-state index contributed by atoms with van der Waals surface area (Å²) in [6, 6.07) is 32.3. The number of nitriles is 1. The minimum atomic E-state index is 0.348. The third kappa shape index (κ3) is 5.49. The van der Waals surface area contributed by atoms with Crippen molar-refractivity contribution >= 4 is 5.84 Å². The molecule has 1 heterocycles. The third-order valence-electron chi connectivity index (χ3n) is 6.63. The molecule has 0 saturated carbocycles. The van der Waals surface area contributed by atoms with Gasteiger partial charge in [0.05, 0.1) is 23.7 Å². The summed E-state index contributed by atoms with van der Waals surface area (Å²) in [4.78, 5) is 6.82. The van der Waals surface area contributed by atoms with Gasteiger partial charge in [0, 0.05) is 19.7 Å². The highest BCUT2D eigenvalue weighted by Gasteiger charge is 2.20. The second kappa shape index (κ2) is 11.0. The van der Waals surface area contributed by atoms with E-state index in [4.69, 9.17) is 9.47 Å². The van der Waals surface area contributed by atoms with Crippen molar-refractivity contribution in [1.29, 1.82) is 5.26 Å². The van der Waals surface area contributed by atoms with Crippen LogP contribution in [0.3, 0.4) is 0 Å². The average molecular weight is 488 g/mol. The molecule has 0 radical (unpaired) electrons. The number of benzene rings is 4. The first kappa shape index (κ1) is 24.1. The highest BCUT2D eigenvalue weighted by atomic mass is 16.5. The molecule has 0 saturated heterocycles. The van der Waals surface area contributed by atoms with Crippen LogP contribution in [-0.2, 0) is 13.2 Å². The largest absolute Gasteiger partial charge is 0.489 e. The zero-order valence-corrected chi connectivity index (χ0v) is 21.1. The van der Waals surface area contributed by atoms with Crippen molar-refractivity contribution < 1.29 is 9.47 Å². The SMILES string of the molecule is Cc1c(COc2ccc(C3=NCCN3C)c(OCc3cccc(C#N)c3)c2)cccc1-c1ccccc1. The van der Waals surface area contributed by atoms with Gasteiger partial charge < -0.3 is 14.4 Å². The molecular formula is C32H29N3O2. The predicted molar refractivity (Wildman–Crippen MR) is 147 cm³/mol. The Morgan fingerprint density at radius 2 is 1.70 bits per heavy atom. The number of hydrogen-bond acceptors (Lipinski definition) is 5. The molecular weight excluding hydrogens is 458 g/mol. The summed E-state index contributed by atoms with van der Waals surface area (Å²) >= 11 is 0. The van der Waals surface area contributed by atoms with Crippen molar-refractivity contribution in [3.63, 3.8) is 0 Å². The predicted octanol–water partition coefficient (Wildman–Crippen LogP) is 6.38. The number of aliphatic imine (C=N–C) groups is 1. The summed E-state index contributed by atoms with van der Waals surface area (Å²) in [5.74, 6) is 2.36. The van der Waals surface area contributed by atoms with Crippen LogP contribution in [0.2, 0.25) is 0 Å². The Morgan fingerprint density at radius 3 is 2.49 bits per heavy atom. The van der Waals surface area contributed by atoms with E-state index < -0.39 is 0 Å². The third-order valence-corrected chi connectivity index (χ3v) is 6.63. The monoisotopic (exact) mass is 487 g/mol. The fourth-order valence-electron chi connectivity index (χ4n) is 4.54. The van der Waals surface area contributed by atoms with Crippen molar-refractivity contribution in [2.75, 3.05) is 20.1 Å². The lowest BCUT2D eigenvalue weighted by molar-refractivity contribution is 0.289. The number of likely N-dealkylation sites (N-methyl/N-ethyl adjacent to an activating group) is 1. The van der Waals surface area contributed by atoms with E-state index in [1.165, 1.54) is 16.7 Å². The van der Waals surface area contributed by atoms with E-state index in [1.807, 2.05) is 49.5 Å². The molecule has 0 atom stereocenters. The average Bonchev–Trinajstić information content (AvgIpc) is 3.37. The van der Waals surface area contributed by atoms with E-state index in [0.29, 0.717) is 24.5 Å². The zero-order chi connectivity index (χ0) is 25.6. The van der Waals surface area contributed by atoms with Gasteiger partial charge in [-0.3, -0.25) is 4.99 Å². The standard InChI is InChI=1S/C32H29N3O2/c1-23-27(12-7-13-29(23)26-10-4-3-5-11-26)22-36-28-14-15-30(32-34-16-17-35(32)2)31(19-28)37-21-25-9-6-8-24(18-25)20-33/h3-15,18-19H,16-17,21-22H2,1-2H3. The van der Waals surface area contributed by atoms with Gasteiger partial charge in [0.2, 0.25) is 0 Å². The minimum Gasteiger partial charge on any atom is -0.489 e. The Balaban J connectivity index is 1.38. The van der Waals surface area contributed by atoms with Gasteiger partial charge in [0.1, 0.15) is 30.5 Å². The van der Waals surface area contributed by atoms with Crippen LogP contribution in [0.1, 0.15) is 27.8 Å². The second-order valence-electron chi connectivity index (χ2n) is 9.13. The summed E-state index contributed by atoms with van der Waals surface area (Å²) in [6.07, 6.45) is 0. The first-order chi connectivity index (χ1) is 18.1. The number of rotatable bonds is 8. The van der Waals surface area contributed by atoms with E-state index in [0.717, 1.165) is 41.4 Å². The van der Waals surface area contributed by atoms with Gasteiger partial charge in [-0.25, -0.2) is 0 Å². The Kier molecular flexibility index (Phi) is 7.19. The fraction of sp³-hybridized carbons (Fsp3) is 0.188. The molecule has 0 N–H and O–H groups in total. The molecule has 1 aliphatic rings. The van der Waals surface area contributed by atoms with Crippen LogP contribution in [-0.4, -0.2) is 30.9 Å². The van der Waals surface area contributed by atoms with Crippen LogP contribution in [0.15, 0.2) is 96.0 Å². The van der Waals surface area contributed by atoms with Crippen LogP contribution >= 0.6 is 0 Å². The Hall–Kier alpha value is -4.56. The lowest BCUT2D eigenvalue weighted by atomic mass is 9.97. The molecule has 184 valence electrons. The van der Waals surface area contributed by atoms with Crippen molar-refractivity contribution in [1.82, 2.24) is 4.90 Å². The summed E-state index contributed by atoms with van der Waals surface area (Å²) in [7, 11) is 2.04. The molecule has 1 aliphatic heterocycles. The molecule has 5 rings (SSSR count). The molecule has 5 nitrogen and oxygen atoms in total. The molecule has 4 aromatic carbocycles. The van der Waals surface area contributed by atoms with Gasteiger partial charge in [0.25, 0.3) is 0 Å². The molecule has 0 fully saturated rings. The number of hydrogen-bond donors (Lipinski definition) is 0. The van der Waals surface area contributed by atoms with Crippen LogP contribution in [0, 0.1) is 18.3 Å². The smallest absolute Gasteiger partial charge is 0.134 e. The van der Waals surface area contributed by atoms with Crippen LogP contribution < -0.4 is 9.47 Å². The molecule has 37 heavy (non-hydrogen) atoms. The summed E-state index contributed by atoms with van der Waals surface area (Å²) < 4.78 is 12.5.